The third-order valence-corrected chi connectivity index (χ3v) is 2.87. The van der Waals surface area contributed by atoms with Crippen molar-refractivity contribution in [3.63, 3.8) is 0 Å². The van der Waals surface area contributed by atoms with Crippen LogP contribution in [-0.4, -0.2) is 31.1 Å². The molecule has 17 heavy (non-hydrogen) atoms. The van der Waals surface area contributed by atoms with Crippen LogP contribution in [0.5, 0.6) is 0 Å². The lowest BCUT2D eigenvalue weighted by Crippen LogP contribution is -2.43. The van der Waals surface area contributed by atoms with Crippen LogP contribution in [0.3, 0.4) is 0 Å². The molecule has 0 bridgehead atoms. The molecule has 1 aliphatic heterocycles. The van der Waals surface area contributed by atoms with Crippen LogP contribution in [-0.2, 0) is 0 Å². The maximum atomic E-state index is 3.80. The SMILES string of the molecule is C=C/C=C(\C(C)=C(C)C)N1CCNCC1.CC. The van der Waals surface area contributed by atoms with Crippen molar-refractivity contribution in [2.75, 3.05) is 26.2 Å². The van der Waals surface area contributed by atoms with Crippen molar-refractivity contribution in [2.45, 2.75) is 34.6 Å². The van der Waals surface area contributed by atoms with E-state index in [2.05, 4.69) is 43.6 Å². The lowest BCUT2D eigenvalue weighted by molar-refractivity contribution is 0.303. The molecule has 2 nitrogen and oxygen atoms in total. The summed E-state index contributed by atoms with van der Waals surface area (Å²) in [5.41, 5.74) is 4.07. The highest BCUT2D eigenvalue weighted by atomic mass is 15.2. The van der Waals surface area contributed by atoms with Crippen LogP contribution < -0.4 is 5.32 Å². The molecule has 0 amide bonds. The normalized spacial score (nSPS) is 15.8. The molecule has 0 aromatic heterocycles. The van der Waals surface area contributed by atoms with E-state index in [-0.39, 0.29) is 0 Å². The van der Waals surface area contributed by atoms with Crippen molar-refractivity contribution in [2.24, 2.45) is 0 Å². The standard InChI is InChI=1S/C13H22N2.C2H6/c1-5-6-13(12(4)11(2)3)15-9-7-14-8-10-15;1-2/h5-6,14H,1,7-10H2,2-4H3;1-2H3/b13-6+;. The van der Waals surface area contributed by atoms with Crippen LogP contribution in [0.1, 0.15) is 34.6 Å². The zero-order valence-electron chi connectivity index (χ0n) is 12.1. The van der Waals surface area contributed by atoms with Gasteiger partial charge in [0.05, 0.1) is 0 Å². The monoisotopic (exact) mass is 236 g/mol. The van der Waals surface area contributed by atoms with Gasteiger partial charge in [-0.05, 0) is 32.4 Å². The van der Waals surface area contributed by atoms with Crippen LogP contribution in [0.4, 0.5) is 0 Å². The van der Waals surface area contributed by atoms with Gasteiger partial charge in [-0.3, -0.25) is 0 Å². The van der Waals surface area contributed by atoms with E-state index in [0.29, 0.717) is 0 Å². The summed E-state index contributed by atoms with van der Waals surface area (Å²) < 4.78 is 0. The van der Waals surface area contributed by atoms with Crippen molar-refractivity contribution >= 4 is 0 Å². The lowest BCUT2D eigenvalue weighted by Gasteiger charge is -2.32. The molecule has 1 heterocycles. The minimum Gasteiger partial charge on any atom is -0.369 e. The highest BCUT2D eigenvalue weighted by Gasteiger charge is 2.13. The topological polar surface area (TPSA) is 15.3 Å². The summed E-state index contributed by atoms with van der Waals surface area (Å²) in [6.07, 6.45) is 4.00. The summed E-state index contributed by atoms with van der Waals surface area (Å²) >= 11 is 0. The number of hydrogen-bond acceptors (Lipinski definition) is 2. The second-order valence-electron chi connectivity index (χ2n) is 4.15. The molecular formula is C15H28N2. The number of nitrogens with zero attached hydrogens (tertiary/aromatic N) is 1. The molecule has 1 fully saturated rings. The van der Waals surface area contributed by atoms with Crippen molar-refractivity contribution in [3.8, 4) is 0 Å². The minimum absolute atomic E-state index is 1.07. The summed E-state index contributed by atoms with van der Waals surface area (Å²) in [4.78, 5) is 2.43. The van der Waals surface area contributed by atoms with Gasteiger partial charge in [0, 0.05) is 31.9 Å². The van der Waals surface area contributed by atoms with Gasteiger partial charge in [0.15, 0.2) is 0 Å². The maximum Gasteiger partial charge on any atom is 0.0395 e. The number of piperazine rings is 1. The second-order valence-corrected chi connectivity index (χ2v) is 4.15. The van der Waals surface area contributed by atoms with Crippen molar-refractivity contribution in [1.29, 1.82) is 0 Å². The smallest absolute Gasteiger partial charge is 0.0395 e. The highest BCUT2D eigenvalue weighted by Crippen LogP contribution is 2.19. The molecule has 1 saturated heterocycles. The number of allylic oxidation sites excluding steroid dienone is 4. The Bertz CT molecular complexity index is 277. The Balaban J connectivity index is 0.00000121. The maximum absolute atomic E-state index is 3.80. The van der Waals surface area contributed by atoms with Gasteiger partial charge < -0.3 is 10.2 Å². The number of hydrogen-bond donors (Lipinski definition) is 1. The average Bonchev–Trinajstić information content (AvgIpc) is 2.38. The van der Waals surface area contributed by atoms with Crippen molar-refractivity contribution in [3.05, 3.63) is 35.6 Å². The van der Waals surface area contributed by atoms with E-state index < -0.39 is 0 Å². The third-order valence-electron chi connectivity index (χ3n) is 2.87. The summed E-state index contributed by atoms with van der Waals surface area (Å²) in [6, 6.07) is 0. The molecule has 0 aliphatic carbocycles. The van der Waals surface area contributed by atoms with Gasteiger partial charge in [-0.1, -0.05) is 32.1 Å². The highest BCUT2D eigenvalue weighted by molar-refractivity contribution is 5.33. The predicted octanol–water partition coefficient (Wildman–Crippen LogP) is 3.34. The van der Waals surface area contributed by atoms with Gasteiger partial charge >= 0.3 is 0 Å². The van der Waals surface area contributed by atoms with Crippen molar-refractivity contribution < 1.29 is 0 Å². The molecule has 1 N–H and O–H groups in total. The Labute approximate surface area is 107 Å². The fraction of sp³-hybridized carbons (Fsp3) is 0.600. The first kappa shape index (κ1) is 16.0. The molecule has 0 unspecified atom stereocenters. The summed E-state index contributed by atoms with van der Waals surface area (Å²) in [6.45, 7) is 18.6. The Hall–Kier alpha value is -1.02. The van der Waals surface area contributed by atoms with E-state index in [0.717, 1.165) is 26.2 Å². The summed E-state index contributed by atoms with van der Waals surface area (Å²) in [7, 11) is 0. The van der Waals surface area contributed by atoms with Gasteiger partial charge in [0.1, 0.15) is 0 Å². The predicted molar refractivity (Wildman–Crippen MR) is 78.1 cm³/mol. The number of nitrogens with one attached hydrogen (secondary N) is 1. The lowest BCUT2D eigenvalue weighted by atomic mass is 10.1. The molecule has 0 aromatic rings. The minimum atomic E-state index is 1.07. The summed E-state index contributed by atoms with van der Waals surface area (Å²) in [5.74, 6) is 0. The zero-order valence-corrected chi connectivity index (χ0v) is 12.1. The molecule has 0 saturated carbocycles. The molecule has 98 valence electrons. The van der Waals surface area contributed by atoms with E-state index >= 15 is 0 Å². The third kappa shape index (κ3) is 5.22. The molecule has 1 aliphatic rings. The number of rotatable bonds is 3. The molecular weight excluding hydrogens is 208 g/mol. The largest absolute Gasteiger partial charge is 0.369 e. The van der Waals surface area contributed by atoms with Crippen LogP contribution >= 0.6 is 0 Å². The Morgan fingerprint density at radius 3 is 2.06 bits per heavy atom. The molecule has 0 atom stereocenters. The van der Waals surface area contributed by atoms with Gasteiger partial charge in [-0.15, -0.1) is 0 Å². The second kappa shape index (κ2) is 9.06. The summed E-state index contributed by atoms with van der Waals surface area (Å²) in [5, 5.41) is 3.37. The van der Waals surface area contributed by atoms with Crippen LogP contribution in [0.2, 0.25) is 0 Å². The first-order valence-electron chi connectivity index (χ1n) is 6.59. The first-order chi connectivity index (χ1) is 8.16. The van der Waals surface area contributed by atoms with Crippen LogP contribution in [0.15, 0.2) is 35.6 Å². The molecule has 1 rings (SSSR count). The van der Waals surface area contributed by atoms with Crippen molar-refractivity contribution in [1.82, 2.24) is 10.2 Å². The van der Waals surface area contributed by atoms with E-state index in [1.54, 1.807) is 0 Å². The fourth-order valence-electron chi connectivity index (χ4n) is 1.74. The van der Waals surface area contributed by atoms with Crippen LogP contribution in [0.25, 0.3) is 0 Å². The van der Waals surface area contributed by atoms with Gasteiger partial charge in [-0.2, -0.15) is 0 Å². The Kier molecular flexibility index (Phi) is 8.51. The van der Waals surface area contributed by atoms with Gasteiger partial charge in [0.2, 0.25) is 0 Å². The van der Waals surface area contributed by atoms with E-state index in [1.165, 1.54) is 16.8 Å². The van der Waals surface area contributed by atoms with Gasteiger partial charge in [0.25, 0.3) is 0 Å². The Morgan fingerprint density at radius 1 is 1.12 bits per heavy atom. The molecule has 0 aromatic carbocycles. The first-order valence-corrected chi connectivity index (χ1v) is 6.59. The van der Waals surface area contributed by atoms with Crippen LogP contribution in [0, 0.1) is 0 Å². The zero-order chi connectivity index (χ0) is 13.3. The van der Waals surface area contributed by atoms with E-state index in [1.807, 2.05) is 19.9 Å². The molecule has 0 spiro atoms. The van der Waals surface area contributed by atoms with E-state index in [9.17, 15) is 0 Å². The van der Waals surface area contributed by atoms with E-state index in [4.69, 9.17) is 0 Å². The molecule has 2 heteroatoms. The molecule has 0 radical (unpaired) electrons. The average molecular weight is 236 g/mol. The van der Waals surface area contributed by atoms with Gasteiger partial charge in [-0.25, -0.2) is 0 Å². The fourth-order valence-corrected chi connectivity index (χ4v) is 1.74. The quantitative estimate of drug-likeness (QED) is 0.756. The Morgan fingerprint density at radius 2 is 1.65 bits per heavy atom.